The van der Waals surface area contributed by atoms with Gasteiger partial charge in [-0.2, -0.15) is 15.2 Å². The van der Waals surface area contributed by atoms with E-state index < -0.39 is 0 Å². The predicted molar refractivity (Wildman–Crippen MR) is 88.9 cm³/mol. The number of carbonyl (C=O) groups is 1. The molecular weight excluding hydrogens is 308 g/mol. The van der Waals surface area contributed by atoms with Crippen LogP contribution in [0.5, 0.6) is 0 Å². The molecule has 0 spiro atoms. The molecule has 2 aromatic heterocycles. The molecule has 2 atom stereocenters. The average Bonchev–Trinajstić information content (AvgIpc) is 3.02. The number of hydrogen-bond acceptors (Lipinski definition) is 7. The van der Waals surface area contributed by atoms with Crippen molar-refractivity contribution in [3.8, 4) is 6.07 Å². The van der Waals surface area contributed by atoms with E-state index in [9.17, 15) is 4.79 Å². The predicted octanol–water partition coefficient (Wildman–Crippen LogP) is 0.522. The number of piperidine rings is 1. The van der Waals surface area contributed by atoms with Crippen LogP contribution in [-0.4, -0.2) is 56.9 Å². The first kappa shape index (κ1) is 16.0. The largest absolute Gasteiger partial charge is 0.368 e. The molecule has 126 valence electrons. The summed E-state index contributed by atoms with van der Waals surface area (Å²) in [6.07, 6.45) is 2.35. The van der Waals surface area contributed by atoms with Crippen LogP contribution in [0.25, 0.3) is 11.2 Å². The number of imidazole rings is 1. The van der Waals surface area contributed by atoms with Crippen LogP contribution in [0.4, 0.5) is 11.8 Å². The standard InChI is InChI=1S/C15H20N8O/c1-9-4-6-23(11(24)3-5-16)7-10(9)22(2)14-12-13(19-8-18-12)20-15(17)21-14/h8-10H,3-4,6-7H2,1-2H3,(H3,17,18,19,20,21)/t9-,10+/m1/s1. The SMILES string of the molecule is C[C@@H]1CCN(C(=O)CC#N)C[C@@H]1N(C)c1nc(N)nc2nc[nH]c12. The number of aromatic amines is 1. The minimum absolute atomic E-state index is 0.0715. The monoisotopic (exact) mass is 328 g/mol. The number of nitriles is 1. The summed E-state index contributed by atoms with van der Waals surface area (Å²) in [5.41, 5.74) is 7.04. The number of H-pyrrole nitrogens is 1. The highest BCUT2D eigenvalue weighted by atomic mass is 16.2. The fraction of sp³-hybridized carbons (Fsp3) is 0.533. The Morgan fingerprint density at radius 3 is 3.12 bits per heavy atom. The molecule has 2 aromatic rings. The molecule has 1 aliphatic rings. The van der Waals surface area contributed by atoms with E-state index in [0.717, 1.165) is 11.9 Å². The summed E-state index contributed by atoms with van der Waals surface area (Å²) in [6, 6.07) is 2.00. The summed E-state index contributed by atoms with van der Waals surface area (Å²) in [5.74, 6) is 1.07. The third-order valence-corrected chi connectivity index (χ3v) is 4.62. The van der Waals surface area contributed by atoms with E-state index in [1.165, 1.54) is 0 Å². The third-order valence-electron chi connectivity index (χ3n) is 4.62. The second kappa shape index (κ2) is 6.31. The summed E-state index contributed by atoms with van der Waals surface area (Å²) < 4.78 is 0. The number of aromatic nitrogens is 4. The van der Waals surface area contributed by atoms with E-state index >= 15 is 0 Å². The van der Waals surface area contributed by atoms with E-state index in [-0.39, 0.29) is 24.3 Å². The van der Waals surface area contributed by atoms with E-state index in [4.69, 9.17) is 11.0 Å². The molecule has 1 amide bonds. The number of carbonyl (C=O) groups excluding carboxylic acids is 1. The van der Waals surface area contributed by atoms with Crippen molar-refractivity contribution in [1.82, 2.24) is 24.8 Å². The van der Waals surface area contributed by atoms with Gasteiger partial charge in [0.2, 0.25) is 11.9 Å². The summed E-state index contributed by atoms with van der Waals surface area (Å²) in [4.78, 5) is 31.5. The molecule has 1 fully saturated rings. The molecule has 0 unspecified atom stereocenters. The van der Waals surface area contributed by atoms with E-state index in [1.54, 1.807) is 11.2 Å². The van der Waals surface area contributed by atoms with Gasteiger partial charge in [0.1, 0.15) is 11.9 Å². The molecule has 3 N–H and O–H groups in total. The Morgan fingerprint density at radius 1 is 1.58 bits per heavy atom. The van der Waals surface area contributed by atoms with Gasteiger partial charge >= 0.3 is 0 Å². The summed E-state index contributed by atoms with van der Waals surface area (Å²) in [5, 5.41) is 8.75. The molecule has 9 heteroatoms. The average molecular weight is 328 g/mol. The maximum atomic E-state index is 12.1. The van der Waals surface area contributed by atoms with Gasteiger partial charge in [-0.15, -0.1) is 0 Å². The Hall–Kier alpha value is -2.89. The molecule has 0 aromatic carbocycles. The lowest BCUT2D eigenvalue weighted by Crippen LogP contribution is -2.52. The number of nitrogen functional groups attached to an aromatic ring is 1. The van der Waals surface area contributed by atoms with Gasteiger partial charge in [0.15, 0.2) is 11.5 Å². The summed E-state index contributed by atoms with van der Waals surface area (Å²) in [6.45, 7) is 3.39. The number of likely N-dealkylation sites (tertiary alicyclic amines) is 1. The third kappa shape index (κ3) is 2.82. The van der Waals surface area contributed by atoms with Crippen molar-refractivity contribution >= 4 is 28.8 Å². The van der Waals surface area contributed by atoms with Gasteiger partial charge in [-0.1, -0.05) is 6.92 Å². The van der Waals surface area contributed by atoms with E-state index in [1.807, 2.05) is 18.0 Å². The molecule has 24 heavy (non-hydrogen) atoms. The van der Waals surface area contributed by atoms with Gasteiger partial charge in [0.05, 0.1) is 18.4 Å². The van der Waals surface area contributed by atoms with Gasteiger partial charge in [0.25, 0.3) is 0 Å². The summed E-state index contributed by atoms with van der Waals surface area (Å²) >= 11 is 0. The van der Waals surface area contributed by atoms with Crippen molar-refractivity contribution < 1.29 is 4.79 Å². The van der Waals surface area contributed by atoms with E-state index in [0.29, 0.717) is 30.5 Å². The lowest BCUT2D eigenvalue weighted by molar-refractivity contribution is -0.131. The zero-order chi connectivity index (χ0) is 17.3. The van der Waals surface area contributed by atoms with Crippen LogP contribution < -0.4 is 10.6 Å². The number of fused-ring (bicyclic) bond motifs is 1. The number of nitrogens with one attached hydrogen (secondary N) is 1. The highest BCUT2D eigenvalue weighted by Gasteiger charge is 2.33. The number of rotatable bonds is 3. The Balaban J connectivity index is 1.89. The second-order valence-corrected chi connectivity index (χ2v) is 6.13. The molecule has 1 aliphatic heterocycles. The van der Waals surface area contributed by atoms with Gasteiger partial charge in [0, 0.05) is 20.1 Å². The summed E-state index contributed by atoms with van der Waals surface area (Å²) in [7, 11) is 1.93. The zero-order valence-corrected chi connectivity index (χ0v) is 13.7. The quantitative estimate of drug-likeness (QED) is 0.840. The Bertz CT molecular complexity index is 794. The normalized spacial score (nSPS) is 20.8. The van der Waals surface area contributed by atoms with Crippen LogP contribution in [0.3, 0.4) is 0 Å². The highest BCUT2D eigenvalue weighted by Crippen LogP contribution is 2.28. The van der Waals surface area contributed by atoms with Crippen LogP contribution in [0.2, 0.25) is 0 Å². The number of nitrogens with zero attached hydrogens (tertiary/aromatic N) is 6. The molecule has 0 aliphatic carbocycles. The smallest absolute Gasteiger partial charge is 0.236 e. The molecule has 0 bridgehead atoms. The second-order valence-electron chi connectivity index (χ2n) is 6.13. The molecule has 3 rings (SSSR count). The Morgan fingerprint density at radius 2 is 2.38 bits per heavy atom. The number of anilines is 2. The minimum Gasteiger partial charge on any atom is -0.368 e. The number of hydrogen-bond donors (Lipinski definition) is 2. The first-order valence-electron chi connectivity index (χ1n) is 7.85. The fourth-order valence-corrected chi connectivity index (χ4v) is 3.21. The maximum absolute atomic E-state index is 12.1. The maximum Gasteiger partial charge on any atom is 0.236 e. The fourth-order valence-electron chi connectivity index (χ4n) is 3.21. The molecule has 9 nitrogen and oxygen atoms in total. The van der Waals surface area contributed by atoms with Crippen molar-refractivity contribution in [2.24, 2.45) is 5.92 Å². The van der Waals surface area contributed by atoms with Crippen molar-refractivity contribution in [2.45, 2.75) is 25.8 Å². The van der Waals surface area contributed by atoms with Crippen LogP contribution >= 0.6 is 0 Å². The molecule has 0 radical (unpaired) electrons. The number of likely N-dealkylation sites (N-methyl/N-ethyl adjacent to an activating group) is 1. The Kier molecular flexibility index (Phi) is 4.20. The number of amides is 1. The van der Waals surface area contributed by atoms with Gasteiger partial charge in [-0.25, -0.2) is 4.98 Å². The lowest BCUT2D eigenvalue weighted by atomic mass is 9.92. The van der Waals surface area contributed by atoms with Crippen molar-refractivity contribution in [3.05, 3.63) is 6.33 Å². The van der Waals surface area contributed by atoms with Gasteiger partial charge < -0.3 is 20.5 Å². The Labute approximate surface area is 139 Å². The van der Waals surface area contributed by atoms with Crippen molar-refractivity contribution in [3.63, 3.8) is 0 Å². The van der Waals surface area contributed by atoms with E-state index in [2.05, 4.69) is 26.9 Å². The van der Waals surface area contributed by atoms with Crippen LogP contribution in [0, 0.1) is 17.2 Å². The lowest BCUT2D eigenvalue weighted by Gasteiger charge is -2.42. The molecule has 1 saturated heterocycles. The molecule has 3 heterocycles. The van der Waals surface area contributed by atoms with Gasteiger partial charge in [-0.3, -0.25) is 4.79 Å². The first-order valence-corrected chi connectivity index (χ1v) is 7.85. The first-order chi connectivity index (χ1) is 11.5. The van der Waals surface area contributed by atoms with Crippen molar-refractivity contribution in [1.29, 1.82) is 5.26 Å². The topological polar surface area (TPSA) is 128 Å². The van der Waals surface area contributed by atoms with Crippen LogP contribution in [-0.2, 0) is 4.79 Å². The minimum atomic E-state index is -0.128. The highest BCUT2D eigenvalue weighted by molar-refractivity contribution is 5.84. The molecule has 0 saturated carbocycles. The molecular formula is C15H20N8O. The van der Waals surface area contributed by atoms with Gasteiger partial charge in [-0.05, 0) is 12.3 Å². The van der Waals surface area contributed by atoms with Crippen LogP contribution in [0.15, 0.2) is 6.33 Å². The number of nitrogens with two attached hydrogens (primary N) is 1. The van der Waals surface area contributed by atoms with Crippen molar-refractivity contribution in [2.75, 3.05) is 30.8 Å². The van der Waals surface area contributed by atoms with Crippen LogP contribution in [0.1, 0.15) is 19.8 Å². The zero-order valence-electron chi connectivity index (χ0n) is 13.7.